The van der Waals surface area contributed by atoms with Gasteiger partial charge in [-0.15, -0.1) is 0 Å². The zero-order valence-electron chi connectivity index (χ0n) is 21.8. The van der Waals surface area contributed by atoms with Crippen LogP contribution in [0.4, 0.5) is 5.69 Å². The van der Waals surface area contributed by atoms with Gasteiger partial charge in [0.25, 0.3) is 11.5 Å². The minimum absolute atomic E-state index is 0.0729. The molecule has 0 unspecified atom stereocenters. The van der Waals surface area contributed by atoms with Gasteiger partial charge in [0.2, 0.25) is 5.91 Å². The molecule has 2 fully saturated rings. The first-order valence-electron chi connectivity index (χ1n) is 12.9. The molecule has 3 aromatic rings. The molecule has 1 spiro atoms. The number of aromatic nitrogens is 1. The predicted octanol–water partition coefficient (Wildman–Crippen LogP) is 3.45. The number of piperidine rings is 1. The van der Waals surface area contributed by atoms with Gasteiger partial charge in [-0.3, -0.25) is 19.0 Å². The van der Waals surface area contributed by atoms with Gasteiger partial charge < -0.3 is 25.7 Å². The monoisotopic (exact) mass is 525 g/mol. The number of anilines is 1. The van der Waals surface area contributed by atoms with Gasteiger partial charge in [-0.2, -0.15) is 0 Å². The van der Waals surface area contributed by atoms with E-state index in [1.807, 2.05) is 18.2 Å². The van der Waals surface area contributed by atoms with Gasteiger partial charge in [0.1, 0.15) is 5.75 Å². The molecule has 0 bridgehead atoms. The first-order valence-corrected chi connectivity index (χ1v) is 12.9. The first kappa shape index (κ1) is 26.0. The summed E-state index contributed by atoms with van der Waals surface area (Å²) in [6, 6.07) is 17.5. The molecule has 5 rings (SSSR count). The van der Waals surface area contributed by atoms with Crippen LogP contribution in [0.15, 0.2) is 77.9 Å². The second-order valence-electron chi connectivity index (χ2n) is 9.89. The van der Waals surface area contributed by atoms with Crippen molar-refractivity contribution < 1.29 is 14.3 Å². The summed E-state index contributed by atoms with van der Waals surface area (Å²) in [4.78, 5) is 42.5. The van der Waals surface area contributed by atoms with Crippen molar-refractivity contribution in [3.63, 3.8) is 0 Å². The van der Waals surface area contributed by atoms with E-state index >= 15 is 0 Å². The summed E-state index contributed by atoms with van der Waals surface area (Å²) < 4.78 is 7.05. The maximum atomic E-state index is 13.6. The quantitative estimate of drug-likeness (QED) is 0.478. The van der Waals surface area contributed by atoms with E-state index in [9.17, 15) is 14.4 Å². The van der Waals surface area contributed by atoms with Crippen molar-refractivity contribution in [3.8, 4) is 11.4 Å². The second kappa shape index (κ2) is 10.6. The molecule has 3 N–H and O–H groups in total. The van der Waals surface area contributed by atoms with E-state index in [2.05, 4.69) is 0 Å². The number of pyridine rings is 1. The third-order valence-electron chi connectivity index (χ3n) is 7.88. The highest BCUT2D eigenvalue weighted by atomic mass is 16.5. The van der Waals surface area contributed by atoms with Crippen LogP contribution in [0.3, 0.4) is 0 Å². The van der Waals surface area contributed by atoms with Crippen LogP contribution >= 0.6 is 0 Å². The topological polar surface area (TPSA) is 122 Å². The number of hydrogen-bond donors (Lipinski definition) is 2. The molecular weight excluding hydrogens is 494 g/mol. The minimum Gasteiger partial charge on any atom is -0.496 e. The Morgan fingerprint density at radius 1 is 0.974 bits per heavy atom. The van der Waals surface area contributed by atoms with Crippen molar-refractivity contribution in [2.24, 2.45) is 11.1 Å². The molecule has 0 radical (unpaired) electrons. The zero-order chi connectivity index (χ0) is 27.6. The van der Waals surface area contributed by atoms with Crippen molar-refractivity contribution >= 4 is 29.3 Å². The van der Waals surface area contributed by atoms with Crippen LogP contribution in [0, 0.1) is 10.8 Å². The van der Waals surface area contributed by atoms with E-state index in [-0.39, 0.29) is 17.4 Å². The fraction of sp³-hybridized carbons (Fsp3) is 0.267. The number of benzene rings is 2. The average molecular weight is 526 g/mol. The highest BCUT2D eigenvalue weighted by Crippen LogP contribution is 2.44. The van der Waals surface area contributed by atoms with Crippen LogP contribution in [0.1, 0.15) is 35.2 Å². The third-order valence-corrected chi connectivity index (χ3v) is 7.88. The van der Waals surface area contributed by atoms with E-state index in [4.69, 9.17) is 15.9 Å². The van der Waals surface area contributed by atoms with E-state index in [1.165, 1.54) is 23.0 Å². The van der Waals surface area contributed by atoms with Crippen molar-refractivity contribution in [2.45, 2.75) is 19.3 Å². The van der Waals surface area contributed by atoms with Gasteiger partial charge in [-0.25, -0.2) is 0 Å². The number of nitrogens with two attached hydrogens (primary N) is 1. The highest BCUT2D eigenvalue weighted by Gasteiger charge is 2.49. The summed E-state index contributed by atoms with van der Waals surface area (Å²) in [5, 5.41) is 7.57. The summed E-state index contributed by atoms with van der Waals surface area (Å²) in [5.74, 6) is 0.545. The number of nitrogens with zero attached hydrogens (tertiary/aromatic N) is 3. The molecule has 0 aliphatic carbocycles. The number of amides is 2. The van der Waals surface area contributed by atoms with E-state index in [0.29, 0.717) is 60.6 Å². The molecule has 200 valence electrons. The molecule has 9 nitrogen and oxygen atoms in total. The Balaban J connectivity index is 1.26. The van der Waals surface area contributed by atoms with Crippen LogP contribution in [0.25, 0.3) is 11.3 Å². The molecule has 9 heteroatoms. The smallest absolute Gasteiger partial charge is 0.255 e. The number of methoxy groups -OCH3 is 1. The number of likely N-dealkylation sites (tertiary alicyclic amines) is 1. The van der Waals surface area contributed by atoms with Crippen LogP contribution in [0.2, 0.25) is 0 Å². The van der Waals surface area contributed by atoms with Gasteiger partial charge >= 0.3 is 0 Å². The van der Waals surface area contributed by atoms with Gasteiger partial charge in [-0.05, 0) is 61.7 Å². The molecule has 2 amide bonds. The summed E-state index contributed by atoms with van der Waals surface area (Å²) in [6.45, 7) is 1.61. The predicted molar refractivity (Wildman–Crippen MR) is 151 cm³/mol. The number of carbonyl (C=O) groups excluding carboxylic acids is 2. The number of rotatable bonds is 6. The van der Waals surface area contributed by atoms with Crippen LogP contribution < -0.4 is 20.9 Å². The molecular formula is C30H31N5O4. The number of ether oxygens (including phenoxy) is 1. The standard InChI is InChI=1S/C30H31N5O4/c1-39-26-18-24(9-10-25(26)22(19-31)20-32)35-17-13-30(29(35)38)11-15-33(16-12-30)28(37)21-5-7-23(8-6-21)34-14-3-2-4-27(34)36/h2-10,14,18-20,31H,11-13,15-17,32H2,1H3/b22-20+,31-19?. The lowest BCUT2D eigenvalue weighted by molar-refractivity contribution is -0.127. The van der Waals surface area contributed by atoms with Crippen molar-refractivity contribution in [1.82, 2.24) is 9.47 Å². The van der Waals surface area contributed by atoms with Crippen LogP contribution in [-0.2, 0) is 4.79 Å². The number of allylic oxidation sites excluding steroid dienone is 1. The normalized spacial score (nSPS) is 16.9. The molecule has 2 aromatic carbocycles. The average Bonchev–Trinajstić information content (AvgIpc) is 3.29. The van der Waals surface area contributed by atoms with E-state index in [1.54, 1.807) is 59.5 Å². The highest BCUT2D eigenvalue weighted by molar-refractivity contribution is 6.09. The Kier molecular flexibility index (Phi) is 7.06. The Labute approximate surface area is 226 Å². The number of nitrogens with one attached hydrogen (secondary N) is 1. The summed E-state index contributed by atoms with van der Waals surface area (Å²) in [6.07, 6.45) is 6.16. The Morgan fingerprint density at radius 3 is 2.31 bits per heavy atom. The molecule has 1 aromatic heterocycles. The Bertz CT molecular complexity index is 1500. The SMILES string of the molecule is COc1cc(N2CCC3(CCN(C(=O)c4ccc(-n5ccccc5=O)cc4)CC3)C2=O)ccc1/C(C=N)=C/N. The zero-order valence-corrected chi connectivity index (χ0v) is 21.8. The number of hydrogen-bond acceptors (Lipinski definition) is 6. The lowest BCUT2D eigenvalue weighted by atomic mass is 9.77. The van der Waals surface area contributed by atoms with E-state index in [0.717, 1.165) is 12.1 Å². The Morgan fingerprint density at radius 2 is 1.67 bits per heavy atom. The summed E-state index contributed by atoms with van der Waals surface area (Å²) >= 11 is 0. The lowest BCUT2D eigenvalue weighted by Crippen LogP contribution is -2.46. The van der Waals surface area contributed by atoms with Crippen LogP contribution in [-0.4, -0.2) is 54.2 Å². The van der Waals surface area contributed by atoms with Gasteiger partial charge in [0, 0.05) is 78.5 Å². The van der Waals surface area contributed by atoms with E-state index < -0.39 is 5.41 Å². The van der Waals surface area contributed by atoms with Crippen molar-refractivity contribution in [2.75, 3.05) is 31.6 Å². The van der Waals surface area contributed by atoms with Crippen molar-refractivity contribution in [3.05, 3.63) is 94.5 Å². The largest absolute Gasteiger partial charge is 0.496 e. The fourth-order valence-corrected chi connectivity index (χ4v) is 5.56. The summed E-state index contributed by atoms with van der Waals surface area (Å²) in [5.41, 5.74) is 8.25. The number of carbonyl (C=O) groups is 2. The molecule has 0 saturated carbocycles. The molecule has 2 aliphatic rings. The molecule has 2 aliphatic heterocycles. The molecule has 3 heterocycles. The van der Waals surface area contributed by atoms with Gasteiger partial charge in [-0.1, -0.05) is 6.07 Å². The second-order valence-corrected chi connectivity index (χ2v) is 9.89. The third kappa shape index (κ3) is 4.71. The maximum Gasteiger partial charge on any atom is 0.255 e. The van der Waals surface area contributed by atoms with Crippen LogP contribution in [0.5, 0.6) is 5.75 Å². The summed E-state index contributed by atoms with van der Waals surface area (Å²) in [7, 11) is 1.55. The molecule has 39 heavy (non-hydrogen) atoms. The fourth-order valence-electron chi connectivity index (χ4n) is 5.56. The minimum atomic E-state index is -0.488. The maximum absolute atomic E-state index is 13.6. The first-order chi connectivity index (χ1) is 18.9. The molecule has 2 saturated heterocycles. The van der Waals surface area contributed by atoms with Gasteiger partial charge in [0.05, 0.1) is 12.5 Å². The lowest BCUT2D eigenvalue weighted by Gasteiger charge is -2.38. The van der Waals surface area contributed by atoms with Crippen molar-refractivity contribution in [1.29, 1.82) is 5.41 Å². The molecule has 0 atom stereocenters. The van der Waals surface area contributed by atoms with Gasteiger partial charge in [0.15, 0.2) is 0 Å². The Hall–Kier alpha value is -4.66.